The quantitative estimate of drug-likeness (QED) is 0.502. The van der Waals surface area contributed by atoms with Crippen LogP contribution in [0.25, 0.3) is 22.3 Å². The predicted octanol–water partition coefficient (Wildman–Crippen LogP) is 5.10. The summed E-state index contributed by atoms with van der Waals surface area (Å²) in [6.45, 7) is 2.62. The molecule has 0 N–H and O–H groups in total. The summed E-state index contributed by atoms with van der Waals surface area (Å²) in [5.74, 6) is 0.934. The Morgan fingerprint density at radius 3 is 2.64 bits per heavy atom. The van der Waals surface area contributed by atoms with E-state index >= 15 is 0 Å². The van der Waals surface area contributed by atoms with Gasteiger partial charge < -0.3 is 4.57 Å². The van der Waals surface area contributed by atoms with Crippen molar-refractivity contribution in [3.8, 4) is 11.3 Å². The fourth-order valence-electron chi connectivity index (χ4n) is 3.01. The van der Waals surface area contributed by atoms with Gasteiger partial charge in [0.05, 0.1) is 23.3 Å². The van der Waals surface area contributed by atoms with Crippen LogP contribution in [0.3, 0.4) is 0 Å². The second kappa shape index (κ2) is 6.21. The monoisotopic (exact) mass is 370 g/mol. The van der Waals surface area contributed by atoms with Crippen LogP contribution in [0.5, 0.6) is 0 Å². The Morgan fingerprint density at radius 1 is 1.04 bits per heavy atom. The SMILES string of the molecule is Cc1nc2ccc(-c3ccn(C)n3)cc2n1Cc1cc(Cl)ccc1Cl. The van der Waals surface area contributed by atoms with E-state index in [0.29, 0.717) is 16.6 Å². The lowest BCUT2D eigenvalue weighted by Gasteiger charge is -2.10. The van der Waals surface area contributed by atoms with Gasteiger partial charge in [-0.25, -0.2) is 4.98 Å². The molecule has 0 spiro atoms. The summed E-state index contributed by atoms with van der Waals surface area (Å²) in [5, 5.41) is 5.86. The molecule has 0 amide bonds. The Bertz CT molecular complexity index is 1080. The van der Waals surface area contributed by atoms with Crippen molar-refractivity contribution < 1.29 is 0 Å². The summed E-state index contributed by atoms with van der Waals surface area (Å²) in [7, 11) is 1.91. The molecule has 0 fully saturated rings. The minimum absolute atomic E-state index is 0.618. The van der Waals surface area contributed by atoms with Crippen LogP contribution in [-0.2, 0) is 13.6 Å². The van der Waals surface area contributed by atoms with Crippen LogP contribution >= 0.6 is 23.2 Å². The molecule has 6 heteroatoms. The van der Waals surface area contributed by atoms with Crippen molar-refractivity contribution in [2.45, 2.75) is 13.5 Å². The molecule has 0 radical (unpaired) electrons. The molecule has 0 atom stereocenters. The molecule has 126 valence electrons. The van der Waals surface area contributed by atoms with Gasteiger partial charge in [0.2, 0.25) is 0 Å². The van der Waals surface area contributed by atoms with Crippen molar-refractivity contribution in [1.29, 1.82) is 0 Å². The van der Waals surface area contributed by atoms with Crippen molar-refractivity contribution in [1.82, 2.24) is 19.3 Å². The zero-order valence-electron chi connectivity index (χ0n) is 13.9. The molecular weight excluding hydrogens is 355 g/mol. The van der Waals surface area contributed by atoms with Crippen LogP contribution in [0.4, 0.5) is 0 Å². The fourth-order valence-corrected chi connectivity index (χ4v) is 3.38. The van der Waals surface area contributed by atoms with Crippen molar-refractivity contribution in [3.05, 3.63) is 70.1 Å². The molecule has 2 aromatic carbocycles. The van der Waals surface area contributed by atoms with Crippen molar-refractivity contribution in [2.24, 2.45) is 7.05 Å². The summed E-state index contributed by atoms with van der Waals surface area (Å²) in [5.41, 5.74) is 4.98. The van der Waals surface area contributed by atoms with Crippen molar-refractivity contribution in [3.63, 3.8) is 0 Å². The van der Waals surface area contributed by atoms with Crippen LogP contribution in [0, 0.1) is 6.92 Å². The van der Waals surface area contributed by atoms with Crippen LogP contribution in [0.1, 0.15) is 11.4 Å². The highest BCUT2D eigenvalue weighted by atomic mass is 35.5. The number of aromatic nitrogens is 4. The first-order chi connectivity index (χ1) is 12.0. The molecule has 25 heavy (non-hydrogen) atoms. The standard InChI is InChI=1S/C19H16Cl2N4/c1-12-22-18-6-3-13(17-7-8-24(2)23-17)10-19(18)25(12)11-14-9-15(20)4-5-16(14)21/h3-10H,11H2,1-2H3. The van der Waals surface area contributed by atoms with E-state index in [1.165, 1.54) is 0 Å². The minimum atomic E-state index is 0.618. The van der Waals surface area contributed by atoms with Gasteiger partial charge in [-0.2, -0.15) is 5.10 Å². The number of imidazole rings is 1. The highest BCUT2D eigenvalue weighted by molar-refractivity contribution is 6.33. The molecule has 4 nitrogen and oxygen atoms in total. The summed E-state index contributed by atoms with van der Waals surface area (Å²) in [6, 6.07) is 13.7. The third kappa shape index (κ3) is 3.03. The first-order valence-corrected chi connectivity index (χ1v) is 8.68. The zero-order valence-corrected chi connectivity index (χ0v) is 15.4. The average Bonchev–Trinajstić information content (AvgIpc) is 3.14. The van der Waals surface area contributed by atoms with E-state index in [1.54, 1.807) is 10.7 Å². The van der Waals surface area contributed by atoms with Crippen LogP contribution in [0.2, 0.25) is 10.0 Å². The van der Waals surface area contributed by atoms with Gasteiger partial charge in [-0.15, -0.1) is 0 Å². The maximum atomic E-state index is 6.34. The first-order valence-electron chi connectivity index (χ1n) is 7.92. The third-order valence-corrected chi connectivity index (χ3v) is 4.89. The van der Waals surface area contributed by atoms with E-state index < -0.39 is 0 Å². The topological polar surface area (TPSA) is 35.6 Å². The van der Waals surface area contributed by atoms with Gasteiger partial charge in [0, 0.05) is 28.9 Å². The van der Waals surface area contributed by atoms with E-state index in [-0.39, 0.29) is 0 Å². The highest BCUT2D eigenvalue weighted by Gasteiger charge is 2.12. The summed E-state index contributed by atoms with van der Waals surface area (Å²) < 4.78 is 3.95. The number of benzene rings is 2. The summed E-state index contributed by atoms with van der Waals surface area (Å²) in [4.78, 5) is 4.66. The van der Waals surface area contributed by atoms with E-state index in [9.17, 15) is 0 Å². The molecule has 0 aliphatic heterocycles. The number of rotatable bonds is 3. The van der Waals surface area contributed by atoms with Crippen LogP contribution in [0.15, 0.2) is 48.7 Å². The van der Waals surface area contributed by atoms with Crippen LogP contribution in [-0.4, -0.2) is 19.3 Å². The van der Waals surface area contributed by atoms with Gasteiger partial charge in [0.15, 0.2) is 0 Å². The largest absolute Gasteiger partial charge is 0.324 e. The molecule has 2 aromatic heterocycles. The number of halogens is 2. The Morgan fingerprint density at radius 2 is 1.88 bits per heavy atom. The van der Waals surface area contributed by atoms with Gasteiger partial charge in [0.1, 0.15) is 5.82 Å². The molecule has 0 bridgehead atoms. The Labute approximate surface area is 155 Å². The second-order valence-corrected chi connectivity index (χ2v) is 6.90. The van der Waals surface area contributed by atoms with Gasteiger partial charge in [0.25, 0.3) is 0 Å². The molecule has 0 saturated carbocycles. The summed E-state index contributed by atoms with van der Waals surface area (Å²) >= 11 is 12.5. The highest BCUT2D eigenvalue weighted by Crippen LogP contribution is 2.27. The third-order valence-electron chi connectivity index (χ3n) is 4.28. The normalized spacial score (nSPS) is 11.4. The maximum Gasteiger partial charge on any atom is 0.107 e. The van der Waals surface area contributed by atoms with E-state index in [1.807, 2.05) is 50.5 Å². The first kappa shape index (κ1) is 16.2. The van der Waals surface area contributed by atoms with E-state index in [2.05, 4.69) is 20.7 Å². The Balaban J connectivity index is 1.82. The molecule has 4 rings (SSSR count). The number of hydrogen-bond acceptors (Lipinski definition) is 2. The average molecular weight is 371 g/mol. The number of nitrogens with zero attached hydrogens (tertiary/aromatic N) is 4. The van der Waals surface area contributed by atoms with Gasteiger partial charge in [-0.1, -0.05) is 29.3 Å². The lowest BCUT2D eigenvalue weighted by molar-refractivity contribution is 0.770. The Hall–Kier alpha value is -2.30. The molecule has 0 unspecified atom stereocenters. The van der Waals surface area contributed by atoms with Crippen molar-refractivity contribution in [2.75, 3.05) is 0 Å². The lowest BCUT2D eigenvalue weighted by atomic mass is 10.1. The molecule has 2 heterocycles. The number of hydrogen-bond donors (Lipinski definition) is 0. The Kier molecular flexibility index (Phi) is 4.02. The molecule has 0 aliphatic rings. The van der Waals surface area contributed by atoms with E-state index in [4.69, 9.17) is 23.2 Å². The second-order valence-electron chi connectivity index (χ2n) is 6.06. The minimum Gasteiger partial charge on any atom is -0.324 e. The molecule has 0 saturated heterocycles. The maximum absolute atomic E-state index is 6.34. The molecule has 0 aliphatic carbocycles. The van der Waals surface area contributed by atoms with Crippen LogP contribution < -0.4 is 0 Å². The number of fused-ring (bicyclic) bond motifs is 1. The lowest BCUT2D eigenvalue weighted by Crippen LogP contribution is -2.02. The summed E-state index contributed by atoms with van der Waals surface area (Å²) in [6.07, 6.45) is 1.94. The molecular formula is C19H16Cl2N4. The fraction of sp³-hybridized carbons (Fsp3) is 0.158. The predicted molar refractivity (Wildman–Crippen MR) is 102 cm³/mol. The van der Waals surface area contributed by atoms with E-state index in [0.717, 1.165) is 33.7 Å². The zero-order chi connectivity index (χ0) is 17.6. The van der Waals surface area contributed by atoms with Crippen molar-refractivity contribution >= 4 is 34.2 Å². The van der Waals surface area contributed by atoms with Gasteiger partial charge in [-0.3, -0.25) is 4.68 Å². The molecule has 4 aromatic rings. The smallest absolute Gasteiger partial charge is 0.107 e. The van der Waals surface area contributed by atoms with Gasteiger partial charge in [-0.05, 0) is 48.9 Å². The van der Waals surface area contributed by atoms with Gasteiger partial charge >= 0.3 is 0 Å². The number of aryl methyl sites for hydroxylation is 2.